The second kappa shape index (κ2) is 5.79. The van der Waals surface area contributed by atoms with Crippen molar-refractivity contribution in [1.82, 2.24) is 0 Å². The summed E-state index contributed by atoms with van der Waals surface area (Å²) in [4.78, 5) is 11.9. The van der Waals surface area contributed by atoms with Gasteiger partial charge < -0.3 is 19.0 Å². The molecule has 2 aliphatic rings. The second-order valence-corrected chi connectivity index (χ2v) is 6.40. The van der Waals surface area contributed by atoms with Crippen LogP contribution in [0.3, 0.4) is 0 Å². The van der Waals surface area contributed by atoms with E-state index in [0.717, 1.165) is 30.8 Å². The monoisotopic (exact) mass is 298 g/mol. The van der Waals surface area contributed by atoms with Crippen molar-refractivity contribution in [3.05, 3.63) is 28.3 Å². The molecule has 1 aromatic rings. The van der Waals surface area contributed by atoms with Crippen molar-refractivity contribution < 1.29 is 19.0 Å². The molecular formula is C14H18O5S. The molecule has 0 amide bonds. The molecule has 1 spiro atoms. The Morgan fingerprint density at radius 1 is 1.55 bits per heavy atom. The van der Waals surface area contributed by atoms with Gasteiger partial charge in [0.05, 0.1) is 12.2 Å². The van der Waals surface area contributed by atoms with Gasteiger partial charge >= 0.3 is 0 Å². The van der Waals surface area contributed by atoms with Crippen LogP contribution in [-0.2, 0) is 11.3 Å². The van der Waals surface area contributed by atoms with E-state index in [1.165, 1.54) is 12.3 Å². The van der Waals surface area contributed by atoms with Gasteiger partial charge in [0.25, 0.3) is 0 Å². The molecule has 5 nitrogen and oxygen atoms in total. The lowest BCUT2D eigenvalue weighted by molar-refractivity contribution is -0.0963. The highest BCUT2D eigenvalue weighted by Gasteiger charge is 2.41. The Morgan fingerprint density at radius 2 is 2.45 bits per heavy atom. The van der Waals surface area contributed by atoms with Gasteiger partial charge in [-0.2, -0.15) is 11.8 Å². The third-order valence-electron chi connectivity index (χ3n) is 3.82. The minimum atomic E-state index is -0.285. The maximum absolute atomic E-state index is 11.9. The fraction of sp³-hybridized carbons (Fsp3) is 0.643. The largest absolute Gasteiger partial charge is 0.483 e. The first-order chi connectivity index (χ1) is 9.71. The number of aliphatic hydroxyl groups excluding tert-OH is 1. The first-order valence-electron chi connectivity index (χ1n) is 6.82. The summed E-state index contributed by atoms with van der Waals surface area (Å²) in [7, 11) is 0. The summed E-state index contributed by atoms with van der Waals surface area (Å²) < 4.78 is 16.9. The van der Waals surface area contributed by atoms with Crippen LogP contribution in [0.5, 0.6) is 5.75 Å². The molecule has 110 valence electrons. The zero-order valence-corrected chi connectivity index (χ0v) is 12.0. The van der Waals surface area contributed by atoms with E-state index in [0.29, 0.717) is 6.61 Å². The number of aliphatic hydroxyl groups is 1. The third kappa shape index (κ3) is 2.87. The maximum atomic E-state index is 11.9. The lowest BCUT2D eigenvalue weighted by Gasteiger charge is -2.37. The highest BCUT2D eigenvalue weighted by molar-refractivity contribution is 7.99. The molecule has 20 heavy (non-hydrogen) atoms. The summed E-state index contributed by atoms with van der Waals surface area (Å²) in [6.07, 6.45) is 3.94. The number of hydrogen-bond acceptors (Lipinski definition) is 6. The van der Waals surface area contributed by atoms with Gasteiger partial charge in [0.1, 0.15) is 24.7 Å². The Morgan fingerprint density at radius 3 is 3.15 bits per heavy atom. The van der Waals surface area contributed by atoms with Crippen LogP contribution in [-0.4, -0.2) is 34.9 Å². The van der Waals surface area contributed by atoms with E-state index in [9.17, 15) is 4.79 Å². The Labute approximate surface area is 121 Å². The normalized spacial score (nSPS) is 29.8. The van der Waals surface area contributed by atoms with Gasteiger partial charge in [-0.05, 0) is 12.2 Å². The summed E-state index contributed by atoms with van der Waals surface area (Å²) in [5.41, 5.74) is -0.319. The molecule has 2 unspecified atom stereocenters. The average molecular weight is 298 g/mol. The molecule has 1 N–H and O–H groups in total. The first-order valence-corrected chi connectivity index (χ1v) is 7.97. The van der Waals surface area contributed by atoms with E-state index in [2.05, 4.69) is 0 Å². The van der Waals surface area contributed by atoms with Crippen molar-refractivity contribution in [3.63, 3.8) is 0 Å². The van der Waals surface area contributed by atoms with Gasteiger partial charge in [0, 0.05) is 24.7 Å². The Bertz CT molecular complexity index is 521. The highest BCUT2D eigenvalue weighted by Crippen LogP contribution is 2.39. The number of ether oxygens (including phenoxy) is 2. The van der Waals surface area contributed by atoms with Crippen molar-refractivity contribution in [2.75, 3.05) is 18.1 Å². The molecule has 2 atom stereocenters. The molecule has 3 heterocycles. The lowest BCUT2D eigenvalue weighted by Crippen LogP contribution is -2.44. The maximum Gasteiger partial charge on any atom is 0.227 e. The van der Waals surface area contributed by atoms with E-state index >= 15 is 0 Å². The zero-order valence-electron chi connectivity index (χ0n) is 11.2. The van der Waals surface area contributed by atoms with Gasteiger partial charge in [-0.25, -0.2) is 0 Å². The molecule has 2 fully saturated rings. The van der Waals surface area contributed by atoms with Crippen LogP contribution < -0.4 is 10.2 Å². The SMILES string of the molecule is O=c1cc(CO)occ1OC1CCOC2(CCSC2)C1. The average Bonchev–Trinajstić information content (AvgIpc) is 2.89. The summed E-state index contributed by atoms with van der Waals surface area (Å²) in [5, 5.41) is 8.92. The summed E-state index contributed by atoms with van der Waals surface area (Å²) >= 11 is 1.91. The van der Waals surface area contributed by atoms with Gasteiger partial charge in [-0.1, -0.05) is 0 Å². The van der Waals surface area contributed by atoms with E-state index < -0.39 is 0 Å². The minimum Gasteiger partial charge on any atom is -0.483 e. The van der Waals surface area contributed by atoms with Gasteiger partial charge in [0.15, 0.2) is 0 Å². The highest BCUT2D eigenvalue weighted by atomic mass is 32.2. The second-order valence-electron chi connectivity index (χ2n) is 5.30. The standard InChI is InChI=1S/C14H18O5S/c15-7-11-5-12(16)13(8-17-11)19-10-1-3-18-14(6-10)2-4-20-9-14/h5,8,10,15H,1-4,6-7,9H2. The summed E-state index contributed by atoms with van der Waals surface area (Å²) in [6.45, 7) is 0.387. The molecule has 2 saturated heterocycles. The van der Waals surface area contributed by atoms with Crippen LogP contribution in [0.2, 0.25) is 0 Å². The lowest BCUT2D eigenvalue weighted by atomic mass is 9.91. The van der Waals surface area contributed by atoms with Crippen molar-refractivity contribution in [2.24, 2.45) is 0 Å². The molecule has 0 saturated carbocycles. The number of rotatable bonds is 3. The smallest absolute Gasteiger partial charge is 0.227 e. The molecule has 0 radical (unpaired) electrons. The van der Waals surface area contributed by atoms with Crippen molar-refractivity contribution >= 4 is 11.8 Å². The molecule has 2 aliphatic heterocycles. The Balaban J connectivity index is 1.69. The molecular weight excluding hydrogens is 280 g/mol. The van der Waals surface area contributed by atoms with Crippen LogP contribution in [0, 0.1) is 0 Å². The first kappa shape index (κ1) is 14.0. The Hall–Kier alpha value is -0.980. The van der Waals surface area contributed by atoms with Crippen LogP contribution in [0.1, 0.15) is 25.0 Å². The van der Waals surface area contributed by atoms with E-state index in [1.807, 2.05) is 11.8 Å². The molecule has 0 bridgehead atoms. The van der Waals surface area contributed by atoms with E-state index in [-0.39, 0.29) is 35.3 Å². The summed E-state index contributed by atoms with van der Waals surface area (Å²) in [6, 6.07) is 1.27. The molecule has 6 heteroatoms. The minimum absolute atomic E-state index is 0.00896. The Kier molecular flexibility index (Phi) is 4.05. The number of thioether (sulfide) groups is 1. The van der Waals surface area contributed by atoms with Crippen LogP contribution in [0.15, 0.2) is 21.5 Å². The fourth-order valence-electron chi connectivity index (χ4n) is 2.73. The predicted octanol–water partition coefficient (Wildman–Crippen LogP) is 1.57. The molecule has 1 aromatic heterocycles. The van der Waals surface area contributed by atoms with Crippen LogP contribution in [0.4, 0.5) is 0 Å². The quantitative estimate of drug-likeness (QED) is 0.913. The number of hydrogen-bond donors (Lipinski definition) is 1. The fourth-order valence-corrected chi connectivity index (χ4v) is 4.11. The van der Waals surface area contributed by atoms with Crippen LogP contribution in [0.25, 0.3) is 0 Å². The van der Waals surface area contributed by atoms with E-state index in [4.69, 9.17) is 19.0 Å². The van der Waals surface area contributed by atoms with Gasteiger partial charge in [-0.15, -0.1) is 0 Å². The van der Waals surface area contributed by atoms with Crippen LogP contribution >= 0.6 is 11.8 Å². The van der Waals surface area contributed by atoms with E-state index in [1.54, 1.807) is 0 Å². The molecule has 3 rings (SSSR count). The zero-order chi connectivity index (χ0) is 14.0. The topological polar surface area (TPSA) is 68.9 Å². The van der Waals surface area contributed by atoms with Gasteiger partial charge in [-0.3, -0.25) is 4.79 Å². The predicted molar refractivity (Wildman–Crippen MR) is 75.2 cm³/mol. The van der Waals surface area contributed by atoms with Gasteiger partial charge in [0.2, 0.25) is 11.2 Å². The van der Waals surface area contributed by atoms with Crippen molar-refractivity contribution in [3.8, 4) is 5.75 Å². The third-order valence-corrected chi connectivity index (χ3v) is 5.04. The summed E-state index contributed by atoms with van der Waals surface area (Å²) in [5.74, 6) is 2.60. The van der Waals surface area contributed by atoms with Crippen molar-refractivity contribution in [2.45, 2.75) is 37.6 Å². The molecule has 0 aliphatic carbocycles. The molecule has 0 aromatic carbocycles. The van der Waals surface area contributed by atoms with Crippen molar-refractivity contribution in [1.29, 1.82) is 0 Å².